The lowest BCUT2D eigenvalue weighted by Gasteiger charge is -2.15. The molecule has 0 saturated heterocycles. The maximum absolute atomic E-state index is 14.0. The fourth-order valence-corrected chi connectivity index (χ4v) is 1.63. The first-order valence-electron chi connectivity index (χ1n) is 6.20. The van der Waals surface area contributed by atoms with Gasteiger partial charge in [0.2, 0.25) is 5.91 Å². The first-order valence-corrected chi connectivity index (χ1v) is 6.20. The van der Waals surface area contributed by atoms with Gasteiger partial charge in [-0.1, -0.05) is 13.8 Å². The van der Waals surface area contributed by atoms with E-state index in [0.29, 0.717) is 5.69 Å². The third kappa shape index (κ3) is 3.99. The molecule has 2 aromatic rings. The van der Waals surface area contributed by atoms with Crippen LogP contribution >= 0.6 is 12.4 Å². The maximum atomic E-state index is 14.0. The van der Waals surface area contributed by atoms with E-state index in [1.54, 1.807) is 6.07 Å². The van der Waals surface area contributed by atoms with Crippen molar-refractivity contribution in [2.45, 2.75) is 19.9 Å². The second-order valence-corrected chi connectivity index (χ2v) is 4.77. The van der Waals surface area contributed by atoms with Gasteiger partial charge in [-0.05, 0) is 24.1 Å². The first-order chi connectivity index (χ1) is 9.49. The van der Waals surface area contributed by atoms with Crippen molar-refractivity contribution in [2.24, 2.45) is 11.7 Å². The van der Waals surface area contributed by atoms with Gasteiger partial charge < -0.3 is 11.1 Å². The Morgan fingerprint density at radius 2 is 2.14 bits per heavy atom. The third-order valence-corrected chi connectivity index (χ3v) is 2.90. The fraction of sp³-hybridized carbons (Fsp3) is 0.308. The number of anilines is 1. The predicted octanol–water partition coefficient (Wildman–Crippen LogP) is 1.75. The van der Waals surface area contributed by atoms with Gasteiger partial charge >= 0.3 is 0 Å². The zero-order valence-electron chi connectivity index (χ0n) is 11.7. The van der Waals surface area contributed by atoms with E-state index >= 15 is 0 Å². The number of hydrogen-bond acceptors (Lipinski definition) is 4. The van der Waals surface area contributed by atoms with Crippen molar-refractivity contribution in [1.82, 2.24) is 14.8 Å². The molecule has 1 unspecified atom stereocenters. The lowest BCUT2D eigenvalue weighted by atomic mass is 10.0. The van der Waals surface area contributed by atoms with E-state index in [1.807, 2.05) is 13.8 Å². The molecule has 21 heavy (non-hydrogen) atoms. The van der Waals surface area contributed by atoms with Crippen molar-refractivity contribution >= 4 is 24.0 Å². The Balaban J connectivity index is 0.00000220. The van der Waals surface area contributed by atoms with Crippen LogP contribution in [-0.2, 0) is 4.79 Å². The highest BCUT2D eigenvalue weighted by Gasteiger charge is 2.17. The van der Waals surface area contributed by atoms with Gasteiger partial charge in [0.1, 0.15) is 18.3 Å². The number of halogens is 2. The summed E-state index contributed by atoms with van der Waals surface area (Å²) in [6.07, 6.45) is 2.71. The van der Waals surface area contributed by atoms with Gasteiger partial charge in [0.15, 0.2) is 5.82 Å². The van der Waals surface area contributed by atoms with E-state index in [-0.39, 0.29) is 29.9 Å². The average Bonchev–Trinajstić information content (AvgIpc) is 2.91. The molecule has 114 valence electrons. The quantitative estimate of drug-likeness (QED) is 0.900. The van der Waals surface area contributed by atoms with Crippen LogP contribution in [0.15, 0.2) is 30.9 Å². The number of carbonyl (C=O) groups excluding carboxylic acids is 1. The van der Waals surface area contributed by atoms with Gasteiger partial charge in [0.25, 0.3) is 0 Å². The Kier molecular flexibility index (Phi) is 5.80. The summed E-state index contributed by atoms with van der Waals surface area (Å²) in [5, 5.41) is 6.43. The predicted molar refractivity (Wildman–Crippen MR) is 80.0 cm³/mol. The van der Waals surface area contributed by atoms with E-state index in [1.165, 1.54) is 29.5 Å². The van der Waals surface area contributed by atoms with Gasteiger partial charge in [0, 0.05) is 5.69 Å². The molecule has 0 radical (unpaired) electrons. The summed E-state index contributed by atoms with van der Waals surface area (Å²) >= 11 is 0. The van der Waals surface area contributed by atoms with Crippen LogP contribution < -0.4 is 11.1 Å². The van der Waals surface area contributed by atoms with E-state index in [2.05, 4.69) is 15.4 Å². The Labute approximate surface area is 128 Å². The maximum Gasteiger partial charge on any atom is 0.241 e. The number of benzene rings is 1. The Hall–Kier alpha value is -1.99. The van der Waals surface area contributed by atoms with Crippen LogP contribution in [0.5, 0.6) is 0 Å². The molecule has 0 saturated carbocycles. The normalized spacial score (nSPS) is 11.9. The average molecular weight is 314 g/mol. The molecular formula is C13H17ClFN5O. The number of rotatable bonds is 4. The molecule has 1 atom stereocenters. The summed E-state index contributed by atoms with van der Waals surface area (Å²) in [6.45, 7) is 3.69. The number of aromatic nitrogens is 3. The van der Waals surface area contributed by atoms with Crippen molar-refractivity contribution < 1.29 is 9.18 Å². The zero-order chi connectivity index (χ0) is 14.7. The third-order valence-electron chi connectivity index (χ3n) is 2.90. The van der Waals surface area contributed by atoms with Crippen LogP contribution in [0.3, 0.4) is 0 Å². The highest BCUT2D eigenvalue weighted by Crippen LogP contribution is 2.17. The summed E-state index contributed by atoms with van der Waals surface area (Å²) in [6, 6.07) is 3.70. The van der Waals surface area contributed by atoms with Crippen LogP contribution in [-0.4, -0.2) is 26.7 Å². The minimum atomic E-state index is -0.631. The van der Waals surface area contributed by atoms with Gasteiger partial charge in [-0.3, -0.25) is 4.79 Å². The second kappa shape index (κ2) is 7.14. The van der Waals surface area contributed by atoms with Crippen molar-refractivity contribution in [3.05, 3.63) is 36.7 Å². The van der Waals surface area contributed by atoms with Crippen LogP contribution in [0, 0.1) is 11.7 Å². The molecule has 1 aromatic heterocycles. The number of hydrogen-bond donors (Lipinski definition) is 2. The van der Waals surface area contributed by atoms with Gasteiger partial charge in [-0.25, -0.2) is 14.1 Å². The SMILES string of the molecule is CC(C)C(N)C(=O)Nc1ccc(-n2cncn2)c(F)c1.Cl. The molecule has 2 rings (SSSR count). The molecule has 0 spiro atoms. The van der Waals surface area contributed by atoms with Crippen LogP contribution in [0.4, 0.5) is 10.1 Å². The number of nitrogens with two attached hydrogens (primary N) is 1. The van der Waals surface area contributed by atoms with Crippen molar-refractivity contribution in [1.29, 1.82) is 0 Å². The second-order valence-electron chi connectivity index (χ2n) is 4.77. The van der Waals surface area contributed by atoms with Crippen molar-refractivity contribution in [3.63, 3.8) is 0 Å². The minimum absolute atomic E-state index is 0. The minimum Gasteiger partial charge on any atom is -0.325 e. The molecule has 0 bridgehead atoms. The van der Waals surface area contributed by atoms with Crippen molar-refractivity contribution in [2.75, 3.05) is 5.32 Å². The monoisotopic (exact) mass is 313 g/mol. The van der Waals surface area contributed by atoms with E-state index in [0.717, 1.165) is 0 Å². The molecular weight excluding hydrogens is 297 g/mol. The van der Waals surface area contributed by atoms with Crippen LogP contribution in [0.25, 0.3) is 5.69 Å². The highest BCUT2D eigenvalue weighted by molar-refractivity contribution is 5.94. The molecule has 1 amide bonds. The van der Waals surface area contributed by atoms with Gasteiger partial charge in [0.05, 0.1) is 6.04 Å². The molecule has 0 aliphatic heterocycles. The molecule has 1 aromatic carbocycles. The standard InChI is InChI=1S/C13H16FN5O.ClH/c1-8(2)12(15)13(20)18-9-3-4-11(10(14)5-9)19-7-16-6-17-19;/h3-8,12H,15H2,1-2H3,(H,18,20);1H. The number of nitrogens with one attached hydrogen (secondary N) is 1. The number of carbonyl (C=O) groups is 1. The molecule has 3 N–H and O–H groups in total. The molecule has 6 nitrogen and oxygen atoms in total. The molecule has 0 aliphatic rings. The Bertz CT molecular complexity index is 603. The van der Waals surface area contributed by atoms with E-state index in [9.17, 15) is 9.18 Å². The largest absolute Gasteiger partial charge is 0.325 e. The lowest BCUT2D eigenvalue weighted by molar-refractivity contribution is -0.118. The highest BCUT2D eigenvalue weighted by atomic mass is 35.5. The van der Waals surface area contributed by atoms with E-state index < -0.39 is 11.9 Å². The van der Waals surface area contributed by atoms with Gasteiger partial charge in [-0.15, -0.1) is 12.4 Å². The van der Waals surface area contributed by atoms with Crippen molar-refractivity contribution in [3.8, 4) is 5.69 Å². The summed E-state index contributed by atoms with van der Waals surface area (Å²) in [7, 11) is 0. The van der Waals surface area contributed by atoms with Crippen LogP contribution in [0.1, 0.15) is 13.8 Å². The molecule has 0 fully saturated rings. The summed E-state index contributed by atoms with van der Waals surface area (Å²) in [4.78, 5) is 15.5. The summed E-state index contributed by atoms with van der Waals surface area (Å²) < 4.78 is 15.3. The van der Waals surface area contributed by atoms with Crippen LogP contribution in [0.2, 0.25) is 0 Å². The summed E-state index contributed by atoms with van der Waals surface area (Å²) in [5.41, 5.74) is 6.34. The smallest absolute Gasteiger partial charge is 0.241 e. The Morgan fingerprint density at radius 3 is 2.67 bits per heavy atom. The fourth-order valence-electron chi connectivity index (χ4n) is 1.63. The summed E-state index contributed by atoms with van der Waals surface area (Å²) in [5.74, 6) is -0.839. The molecule has 1 heterocycles. The number of nitrogens with zero attached hydrogens (tertiary/aromatic N) is 3. The van der Waals surface area contributed by atoms with E-state index in [4.69, 9.17) is 5.73 Å². The topological polar surface area (TPSA) is 85.8 Å². The molecule has 8 heteroatoms. The van der Waals surface area contributed by atoms with Gasteiger partial charge in [-0.2, -0.15) is 5.10 Å². The zero-order valence-corrected chi connectivity index (χ0v) is 12.5. The number of amides is 1. The lowest BCUT2D eigenvalue weighted by Crippen LogP contribution is -2.39. The molecule has 0 aliphatic carbocycles. The first kappa shape index (κ1) is 17.1. The Morgan fingerprint density at radius 1 is 1.43 bits per heavy atom.